The number of fused-ring (bicyclic) bond motifs is 3. The van der Waals surface area contributed by atoms with Gasteiger partial charge < -0.3 is 5.11 Å². The maximum atomic E-state index is 11.9. The Morgan fingerprint density at radius 1 is 0.815 bits per heavy atom. The van der Waals surface area contributed by atoms with Crippen molar-refractivity contribution in [3.05, 3.63) is 105 Å². The van der Waals surface area contributed by atoms with E-state index in [0.717, 1.165) is 31.5 Å². The van der Waals surface area contributed by atoms with E-state index < -0.39 is 5.60 Å². The Morgan fingerprint density at radius 2 is 1.37 bits per heavy atom. The van der Waals surface area contributed by atoms with Crippen molar-refractivity contribution in [2.24, 2.45) is 0 Å². The van der Waals surface area contributed by atoms with Crippen LogP contribution in [0.25, 0.3) is 11.1 Å². The minimum Gasteiger partial charge on any atom is -0.374 e. The molecule has 4 nitrogen and oxygen atoms in total. The normalized spacial score (nSPS) is 14.0. The van der Waals surface area contributed by atoms with Gasteiger partial charge in [-0.25, -0.2) is 4.68 Å². The number of hydrogen-bond donors (Lipinski definition) is 1. The maximum Gasteiger partial charge on any atom is 0.163 e. The SMILES string of the molecule is OC1(c2nnn(Cc3ccccc3)c2I)c2ccccc2-c2ccccc21. The third-order valence-corrected chi connectivity index (χ3v) is 6.18. The van der Waals surface area contributed by atoms with Crippen molar-refractivity contribution in [3.8, 4) is 11.1 Å². The summed E-state index contributed by atoms with van der Waals surface area (Å²) in [6.45, 7) is 0.617. The Balaban J connectivity index is 1.67. The van der Waals surface area contributed by atoms with Crippen LogP contribution in [0.4, 0.5) is 0 Å². The summed E-state index contributed by atoms with van der Waals surface area (Å²) in [6, 6.07) is 26.1. The van der Waals surface area contributed by atoms with E-state index in [0.29, 0.717) is 12.2 Å². The smallest absolute Gasteiger partial charge is 0.163 e. The Morgan fingerprint density at radius 3 is 2.00 bits per heavy atom. The van der Waals surface area contributed by atoms with Crippen LogP contribution in [0.1, 0.15) is 22.4 Å². The Hall–Kier alpha value is -2.51. The Labute approximate surface area is 170 Å². The molecule has 0 amide bonds. The minimum absolute atomic E-state index is 0.580. The van der Waals surface area contributed by atoms with E-state index in [1.54, 1.807) is 0 Å². The zero-order valence-electron chi connectivity index (χ0n) is 14.4. The third-order valence-electron chi connectivity index (χ3n) is 5.12. The van der Waals surface area contributed by atoms with Gasteiger partial charge in [-0.15, -0.1) is 5.10 Å². The average Bonchev–Trinajstić information content (AvgIpc) is 3.20. The second-order valence-corrected chi connectivity index (χ2v) is 7.70. The van der Waals surface area contributed by atoms with Crippen LogP contribution in [0, 0.1) is 3.70 Å². The molecule has 1 aliphatic rings. The van der Waals surface area contributed by atoms with Crippen LogP contribution < -0.4 is 0 Å². The van der Waals surface area contributed by atoms with Crippen LogP contribution in [-0.2, 0) is 12.1 Å². The van der Waals surface area contributed by atoms with Gasteiger partial charge in [0.15, 0.2) is 5.60 Å². The molecule has 132 valence electrons. The average molecular weight is 465 g/mol. The molecule has 0 saturated carbocycles. The van der Waals surface area contributed by atoms with E-state index in [2.05, 4.69) is 45.0 Å². The van der Waals surface area contributed by atoms with Gasteiger partial charge in [-0.05, 0) is 39.3 Å². The highest BCUT2D eigenvalue weighted by molar-refractivity contribution is 14.1. The lowest BCUT2D eigenvalue weighted by Crippen LogP contribution is -2.28. The molecular weight excluding hydrogens is 449 g/mol. The predicted molar refractivity (Wildman–Crippen MR) is 112 cm³/mol. The molecule has 0 radical (unpaired) electrons. The van der Waals surface area contributed by atoms with Gasteiger partial charge in [0.05, 0.1) is 6.54 Å². The molecule has 1 aliphatic carbocycles. The summed E-state index contributed by atoms with van der Waals surface area (Å²) in [7, 11) is 0. The molecule has 4 aromatic rings. The molecule has 1 heterocycles. The van der Waals surface area contributed by atoms with Crippen molar-refractivity contribution in [1.82, 2.24) is 15.0 Å². The fourth-order valence-corrected chi connectivity index (χ4v) is 4.61. The van der Waals surface area contributed by atoms with Gasteiger partial charge in [-0.2, -0.15) is 0 Å². The zero-order chi connectivity index (χ0) is 18.4. The van der Waals surface area contributed by atoms with E-state index >= 15 is 0 Å². The first-order chi connectivity index (χ1) is 13.2. The van der Waals surface area contributed by atoms with Crippen LogP contribution in [0.3, 0.4) is 0 Å². The fourth-order valence-electron chi connectivity index (χ4n) is 3.85. The van der Waals surface area contributed by atoms with E-state index in [4.69, 9.17) is 0 Å². The van der Waals surface area contributed by atoms with Crippen LogP contribution in [-0.4, -0.2) is 20.1 Å². The first kappa shape index (κ1) is 16.6. The lowest BCUT2D eigenvalue weighted by Gasteiger charge is -2.23. The lowest BCUT2D eigenvalue weighted by molar-refractivity contribution is 0.124. The number of aliphatic hydroxyl groups is 1. The van der Waals surface area contributed by atoms with Crippen LogP contribution >= 0.6 is 22.6 Å². The quantitative estimate of drug-likeness (QED) is 0.462. The van der Waals surface area contributed by atoms with Crippen molar-refractivity contribution in [2.45, 2.75) is 12.1 Å². The molecule has 1 N–H and O–H groups in total. The highest BCUT2D eigenvalue weighted by atomic mass is 127. The number of hydrogen-bond acceptors (Lipinski definition) is 3. The molecule has 5 heteroatoms. The van der Waals surface area contributed by atoms with Crippen molar-refractivity contribution in [2.75, 3.05) is 0 Å². The summed E-state index contributed by atoms with van der Waals surface area (Å²) in [5, 5.41) is 20.7. The maximum absolute atomic E-state index is 11.9. The highest BCUT2D eigenvalue weighted by Gasteiger charge is 2.46. The van der Waals surface area contributed by atoms with Gasteiger partial charge in [-0.3, -0.25) is 0 Å². The zero-order valence-corrected chi connectivity index (χ0v) is 16.5. The third kappa shape index (κ3) is 2.45. The summed E-state index contributed by atoms with van der Waals surface area (Å²) < 4.78 is 2.68. The van der Waals surface area contributed by atoms with Crippen LogP contribution in [0.5, 0.6) is 0 Å². The van der Waals surface area contributed by atoms with Gasteiger partial charge in [0.1, 0.15) is 9.39 Å². The molecule has 0 aliphatic heterocycles. The van der Waals surface area contributed by atoms with Gasteiger partial charge in [0.2, 0.25) is 0 Å². The fraction of sp³-hybridized carbons (Fsp3) is 0.0909. The number of aromatic nitrogens is 3. The highest BCUT2D eigenvalue weighted by Crippen LogP contribution is 2.50. The van der Waals surface area contributed by atoms with E-state index in [9.17, 15) is 5.11 Å². The second kappa shape index (κ2) is 6.28. The van der Waals surface area contributed by atoms with Crippen molar-refractivity contribution in [3.63, 3.8) is 0 Å². The Kier molecular flexibility index (Phi) is 3.87. The molecule has 0 spiro atoms. The van der Waals surface area contributed by atoms with Gasteiger partial charge >= 0.3 is 0 Å². The van der Waals surface area contributed by atoms with Gasteiger partial charge in [-0.1, -0.05) is 84.1 Å². The van der Waals surface area contributed by atoms with E-state index in [-0.39, 0.29) is 0 Å². The van der Waals surface area contributed by atoms with Gasteiger partial charge in [0, 0.05) is 11.1 Å². The summed E-state index contributed by atoms with van der Waals surface area (Å²) in [5.41, 5.74) is 4.24. The molecule has 1 aromatic heterocycles. The molecular formula is C22H16IN3O. The Bertz CT molecular complexity index is 1090. The first-order valence-corrected chi connectivity index (χ1v) is 9.82. The number of benzene rings is 3. The second-order valence-electron chi connectivity index (χ2n) is 6.67. The molecule has 5 rings (SSSR count). The van der Waals surface area contributed by atoms with Crippen LogP contribution in [0.2, 0.25) is 0 Å². The lowest BCUT2D eigenvalue weighted by atomic mass is 9.88. The summed E-state index contributed by atoms with van der Waals surface area (Å²) in [4.78, 5) is 0. The molecule has 0 saturated heterocycles. The topological polar surface area (TPSA) is 50.9 Å². The largest absolute Gasteiger partial charge is 0.374 e. The number of halogens is 1. The monoisotopic (exact) mass is 465 g/mol. The number of nitrogens with zero attached hydrogens (tertiary/aromatic N) is 3. The van der Waals surface area contributed by atoms with Crippen LogP contribution in [0.15, 0.2) is 78.9 Å². The van der Waals surface area contributed by atoms with Gasteiger partial charge in [0.25, 0.3) is 0 Å². The van der Waals surface area contributed by atoms with E-state index in [1.165, 1.54) is 0 Å². The van der Waals surface area contributed by atoms with Crippen molar-refractivity contribution >= 4 is 22.6 Å². The molecule has 0 fully saturated rings. The minimum atomic E-state index is -1.29. The van der Waals surface area contributed by atoms with Crippen molar-refractivity contribution in [1.29, 1.82) is 0 Å². The summed E-state index contributed by atoms with van der Waals surface area (Å²) in [5.74, 6) is 0. The number of rotatable bonds is 3. The molecule has 0 atom stereocenters. The van der Waals surface area contributed by atoms with E-state index in [1.807, 2.05) is 71.4 Å². The molecule has 0 unspecified atom stereocenters. The predicted octanol–water partition coefficient (Wildman–Crippen LogP) is 4.20. The first-order valence-electron chi connectivity index (χ1n) is 8.74. The molecule has 0 bridgehead atoms. The molecule has 3 aromatic carbocycles. The molecule has 27 heavy (non-hydrogen) atoms. The summed E-state index contributed by atoms with van der Waals surface area (Å²) >= 11 is 2.24. The standard InChI is InChI=1S/C22H16IN3O/c23-21-20(24-25-26(21)14-15-8-2-1-3-9-15)22(27)18-12-6-4-10-16(18)17-11-5-7-13-19(17)22/h1-13,27H,14H2. The van der Waals surface area contributed by atoms with Crippen molar-refractivity contribution < 1.29 is 5.11 Å². The summed E-state index contributed by atoms with van der Waals surface area (Å²) in [6.07, 6.45) is 0.